The van der Waals surface area contributed by atoms with Gasteiger partial charge in [-0.2, -0.15) is 0 Å². The average molecular weight is 499 g/mol. The van der Waals surface area contributed by atoms with E-state index in [1.54, 1.807) is 31.2 Å². The van der Waals surface area contributed by atoms with Gasteiger partial charge in [0.15, 0.2) is 9.84 Å². The van der Waals surface area contributed by atoms with Crippen LogP contribution in [0.3, 0.4) is 0 Å². The van der Waals surface area contributed by atoms with Crippen LogP contribution in [0.4, 0.5) is 5.69 Å². The number of anilines is 1. The SMILES string of the molecule is CCCN(Cc1ccc(NC(=O)Cc2ccc(S(=O)(=O)CC)cc2)cc1)Cc1ccccc1Cl. The molecule has 3 aromatic rings. The molecular weight excluding hydrogens is 468 g/mol. The lowest BCUT2D eigenvalue weighted by atomic mass is 10.1. The van der Waals surface area contributed by atoms with Crippen molar-refractivity contribution in [2.45, 2.75) is 44.7 Å². The van der Waals surface area contributed by atoms with Crippen molar-refractivity contribution in [1.29, 1.82) is 0 Å². The molecule has 0 saturated carbocycles. The Morgan fingerprint density at radius 1 is 0.882 bits per heavy atom. The van der Waals surface area contributed by atoms with Crippen LogP contribution in [-0.4, -0.2) is 31.5 Å². The van der Waals surface area contributed by atoms with E-state index in [2.05, 4.69) is 23.2 Å². The van der Waals surface area contributed by atoms with Gasteiger partial charge in [-0.3, -0.25) is 9.69 Å². The topological polar surface area (TPSA) is 66.5 Å². The van der Waals surface area contributed by atoms with Crippen LogP contribution >= 0.6 is 11.6 Å². The second-order valence-electron chi connectivity index (χ2n) is 8.27. The minimum atomic E-state index is -3.24. The van der Waals surface area contributed by atoms with Crippen LogP contribution in [0.2, 0.25) is 5.02 Å². The van der Waals surface area contributed by atoms with Gasteiger partial charge in [-0.15, -0.1) is 0 Å². The Kier molecular flexibility index (Phi) is 9.28. The highest BCUT2D eigenvalue weighted by Crippen LogP contribution is 2.20. The zero-order valence-electron chi connectivity index (χ0n) is 19.6. The second-order valence-corrected chi connectivity index (χ2v) is 11.0. The fourth-order valence-corrected chi connectivity index (χ4v) is 4.80. The van der Waals surface area contributed by atoms with Crippen LogP contribution in [0, 0.1) is 0 Å². The number of hydrogen-bond donors (Lipinski definition) is 1. The van der Waals surface area contributed by atoms with Gasteiger partial charge in [-0.05, 0) is 60.0 Å². The summed E-state index contributed by atoms with van der Waals surface area (Å²) in [6, 6.07) is 22.3. The number of carbonyl (C=O) groups excluding carboxylic acids is 1. The van der Waals surface area contributed by atoms with Crippen LogP contribution < -0.4 is 5.32 Å². The smallest absolute Gasteiger partial charge is 0.228 e. The number of nitrogens with one attached hydrogen (secondary N) is 1. The van der Waals surface area contributed by atoms with Crippen LogP contribution in [-0.2, 0) is 34.1 Å². The number of carbonyl (C=O) groups is 1. The average Bonchev–Trinajstić information content (AvgIpc) is 2.82. The molecule has 3 rings (SSSR count). The molecule has 0 heterocycles. The molecule has 0 unspecified atom stereocenters. The summed E-state index contributed by atoms with van der Waals surface area (Å²) in [7, 11) is -3.24. The molecule has 5 nitrogen and oxygen atoms in total. The van der Waals surface area contributed by atoms with E-state index in [0.717, 1.165) is 53.5 Å². The van der Waals surface area contributed by atoms with Crippen LogP contribution in [0.15, 0.2) is 77.7 Å². The summed E-state index contributed by atoms with van der Waals surface area (Å²) in [4.78, 5) is 15.1. The summed E-state index contributed by atoms with van der Waals surface area (Å²) in [6.45, 7) is 6.31. The van der Waals surface area contributed by atoms with E-state index in [4.69, 9.17) is 11.6 Å². The van der Waals surface area contributed by atoms with Gasteiger partial charge in [-0.25, -0.2) is 8.42 Å². The van der Waals surface area contributed by atoms with Gasteiger partial charge in [0.2, 0.25) is 5.91 Å². The number of benzene rings is 3. The Morgan fingerprint density at radius 3 is 2.15 bits per heavy atom. The molecule has 1 N–H and O–H groups in total. The fourth-order valence-electron chi connectivity index (χ4n) is 3.72. The maximum absolute atomic E-state index is 12.5. The van der Waals surface area contributed by atoms with Gasteiger partial charge in [0.25, 0.3) is 0 Å². The largest absolute Gasteiger partial charge is 0.326 e. The summed E-state index contributed by atoms with van der Waals surface area (Å²) < 4.78 is 23.8. The van der Waals surface area contributed by atoms with E-state index < -0.39 is 9.84 Å². The molecule has 0 aliphatic heterocycles. The first-order valence-corrected chi connectivity index (χ1v) is 13.5. The van der Waals surface area contributed by atoms with Gasteiger partial charge >= 0.3 is 0 Å². The normalized spacial score (nSPS) is 11.5. The summed E-state index contributed by atoms with van der Waals surface area (Å²) in [5.41, 5.74) is 3.76. The molecule has 34 heavy (non-hydrogen) atoms. The van der Waals surface area contributed by atoms with Crippen LogP contribution in [0.25, 0.3) is 0 Å². The first-order valence-electron chi connectivity index (χ1n) is 11.5. The Bertz CT molecular complexity index is 1190. The highest BCUT2D eigenvalue weighted by molar-refractivity contribution is 7.91. The molecule has 180 valence electrons. The highest BCUT2D eigenvalue weighted by Gasteiger charge is 2.12. The number of nitrogens with zero attached hydrogens (tertiary/aromatic N) is 1. The predicted octanol–water partition coefficient (Wildman–Crippen LogP) is 5.73. The van der Waals surface area contributed by atoms with E-state index in [0.29, 0.717) is 0 Å². The third-order valence-corrected chi connectivity index (χ3v) is 7.68. The third-order valence-electron chi connectivity index (χ3n) is 5.56. The molecule has 0 radical (unpaired) electrons. The van der Waals surface area contributed by atoms with Crippen molar-refractivity contribution in [3.05, 3.63) is 94.5 Å². The van der Waals surface area contributed by atoms with Crippen LogP contribution in [0.1, 0.15) is 37.0 Å². The van der Waals surface area contributed by atoms with Crippen molar-refractivity contribution in [3.63, 3.8) is 0 Å². The van der Waals surface area contributed by atoms with E-state index >= 15 is 0 Å². The number of hydrogen-bond acceptors (Lipinski definition) is 4. The van der Waals surface area contributed by atoms with Gasteiger partial charge < -0.3 is 5.32 Å². The first kappa shape index (κ1) is 25.9. The third kappa shape index (κ3) is 7.42. The summed E-state index contributed by atoms with van der Waals surface area (Å²) in [5.74, 6) is -0.0934. The molecule has 1 amide bonds. The Labute approximate surface area is 207 Å². The van der Waals surface area contributed by atoms with Gasteiger partial charge in [-0.1, -0.05) is 67.9 Å². The molecule has 0 fully saturated rings. The summed E-state index contributed by atoms with van der Waals surface area (Å²) in [6.07, 6.45) is 1.22. The van der Waals surface area contributed by atoms with Crippen molar-refractivity contribution in [3.8, 4) is 0 Å². The molecule has 0 aliphatic rings. The van der Waals surface area contributed by atoms with Crippen molar-refractivity contribution >= 4 is 33.0 Å². The fraction of sp³-hybridized carbons (Fsp3) is 0.296. The lowest BCUT2D eigenvalue weighted by Gasteiger charge is -2.22. The molecule has 0 atom stereocenters. The lowest BCUT2D eigenvalue weighted by molar-refractivity contribution is -0.115. The monoisotopic (exact) mass is 498 g/mol. The standard InChI is InChI=1S/C27H31ClN2O3S/c1-3-17-30(20-23-7-5-6-8-26(23)28)19-22-9-13-24(14-10-22)29-27(31)18-21-11-15-25(16-12-21)34(32,33)4-2/h5-16H,3-4,17-20H2,1-2H3,(H,29,31). The van der Waals surface area contributed by atoms with Crippen molar-refractivity contribution in [1.82, 2.24) is 4.90 Å². The maximum atomic E-state index is 12.5. The Balaban J connectivity index is 1.57. The number of halogens is 1. The zero-order chi connectivity index (χ0) is 24.6. The van der Waals surface area contributed by atoms with Gasteiger partial charge in [0.1, 0.15) is 0 Å². The highest BCUT2D eigenvalue weighted by atomic mass is 35.5. The van der Waals surface area contributed by atoms with E-state index in [9.17, 15) is 13.2 Å². The molecule has 0 aliphatic carbocycles. The number of amides is 1. The number of rotatable bonds is 11. The molecular formula is C27H31ClN2O3S. The lowest BCUT2D eigenvalue weighted by Crippen LogP contribution is -2.23. The minimum Gasteiger partial charge on any atom is -0.326 e. The Hall–Kier alpha value is -2.67. The van der Waals surface area contributed by atoms with E-state index in [1.165, 1.54) is 0 Å². The molecule has 0 spiro atoms. The zero-order valence-corrected chi connectivity index (χ0v) is 21.2. The van der Waals surface area contributed by atoms with E-state index in [1.807, 2.05) is 42.5 Å². The first-order chi connectivity index (χ1) is 16.3. The predicted molar refractivity (Wildman–Crippen MR) is 139 cm³/mol. The molecule has 0 bridgehead atoms. The van der Waals surface area contributed by atoms with Crippen molar-refractivity contribution in [2.75, 3.05) is 17.6 Å². The van der Waals surface area contributed by atoms with Gasteiger partial charge in [0, 0.05) is 23.8 Å². The van der Waals surface area contributed by atoms with E-state index in [-0.39, 0.29) is 23.0 Å². The second kappa shape index (κ2) is 12.2. The van der Waals surface area contributed by atoms with Crippen molar-refractivity contribution in [2.24, 2.45) is 0 Å². The molecule has 0 saturated heterocycles. The minimum absolute atomic E-state index is 0.0546. The van der Waals surface area contributed by atoms with Gasteiger partial charge in [0.05, 0.1) is 17.1 Å². The quantitative estimate of drug-likeness (QED) is 0.367. The summed E-state index contributed by atoms with van der Waals surface area (Å²) in [5, 5.41) is 3.69. The maximum Gasteiger partial charge on any atom is 0.228 e. The van der Waals surface area contributed by atoms with Crippen LogP contribution in [0.5, 0.6) is 0 Å². The number of sulfone groups is 1. The summed E-state index contributed by atoms with van der Waals surface area (Å²) >= 11 is 6.34. The molecule has 3 aromatic carbocycles. The Morgan fingerprint density at radius 2 is 1.53 bits per heavy atom. The van der Waals surface area contributed by atoms with Crippen molar-refractivity contribution < 1.29 is 13.2 Å². The molecule has 7 heteroatoms. The molecule has 0 aromatic heterocycles.